The molecule has 2 aromatic carbocycles. The number of hydrogen-bond donors (Lipinski definition) is 0. The van der Waals surface area contributed by atoms with E-state index < -0.39 is 0 Å². The Labute approximate surface area is 148 Å². The monoisotopic (exact) mass is 330 g/mol. The third kappa shape index (κ3) is 3.33. The SMILES string of the molecule is Cc1cc(-c2ccccc2)nnc1N1CCN(c2ccccc2)CC1. The largest absolute Gasteiger partial charge is 0.368 e. The van der Waals surface area contributed by atoms with E-state index in [0.717, 1.165) is 43.3 Å². The van der Waals surface area contributed by atoms with Crippen molar-refractivity contribution in [3.63, 3.8) is 0 Å². The normalized spacial score (nSPS) is 14.6. The first kappa shape index (κ1) is 15.6. The molecule has 1 fully saturated rings. The molecule has 25 heavy (non-hydrogen) atoms. The molecule has 0 radical (unpaired) electrons. The van der Waals surface area contributed by atoms with Gasteiger partial charge in [-0.1, -0.05) is 48.5 Å². The van der Waals surface area contributed by atoms with Gasteiger partial charge in [-0.3, -0.25) is 0 Å². The second kappa shape index (κ2) is 6.93. The highest BCUT2D eigenvalue weighted by atomic mass is 15.3. The molecule has 0 amide bonds. The van der Waals surface area contributed by atoms with Gasteiger partial charge in [0, 0.05) is 37.4 Å². The Morgan fingerprint density at radius 3 is 1.96 bits per heavy atom. The molecule has 1 saturated heterocycles. The zero-order chi connectivity index (χ0) is 17.1. The molecular formula is C21H22N4. The van der Waals surface area contributed by atoms with Crippen LogP contribution in [-0.4, -0.2) is 36.4 Å². The van der Waals surface area contributed by atoms with Crippen molar-refractivity contribution < 1.29 is 0 Å². The fourth-order valence-electron chi connectivity index (χ4n) is 3.36. The second-order valence-corrected chi connectivity index (χ2v) is 6.41. The maximum Gasteiger partial charge on any atom is 0.154 e. The second-order valence-electron chi connectivity index (χ2n) is 6.41. The number of nitrogens with zero attached hydrogens (tertiary/aromatic N) is 4. The van der Waals surface area contributed by atoms with Crippen LogP contribution in [0.4, 0.5) is 11.5 Å². The van der Waals surface area contributed by atoms with E-state index in [1.807, 2.05) is 18.2 Å². The Bertz CT molecular complexity index is 825. The van der Waals surface area contributed by atoms with Crippen LogP contribution in [0, 0.1) is 6.92 Å². The Kier molecular flexibility index (Phi) is 4.34. The van der Waals surface area contributed by atoms with Crippen LogP contribution in [0.2, 0.25) is 0 Å². The number of rotatable bonds is 3. The van der Waals surface area contributed by atoms with E-state index in [0.29, 0.717) is 0 Å². The van der Waals surface area contributed by atoms with Crippen molar-refractivity contribution in [3.8, 4) is 11.3 Å². The first-order valence-electron chi connectivity index (χ1n) is 8.76. The molecule has 4 rings (SSSR count). The van der Waals surface area contributed by atoms with Gasteiger partial charge in [0.15, 0.2) is 5.82 Å². The van der Waals surface area contributed by atoms with E-state index in [1.165, 1.54) is 11.3 Å². The van der Waals surface area contributed by atoms with Gasteiger partial charge < -0.3 is 9.80 Å². The van der Waals surface area contributed by atoms with Gasteiger partial charge in [0.25, 0.3) is 0 Å². The molecule has 0 N–H and O–H groups in total. The number of anilines is 2. The van der Waals surface area contributed by atoms with Gasteiger partial charge >= 0.3 is 0 Å². The van der Waals surface area contributed by atoms with E-state index in [4.69, 9.17) is 0 Å². The van der Waals surface area contributed by atoms with Crippen molar-refractivity contribution in [1.82, 2.24) is 10.2 Å². The predicted molar refractivity (Wildman–Crippen MR) is 103 cm³/mol. The summed E-state index contributed by atoms with van der Waals surface area (Å²) in [5.41, 5.74) is 4.52. The average Bonchev–Trinajstić information content (AvgIpc) is 2.69. The van der Waals surface area contributed by atoms with Gasteiger partial charge in [-0.2, -0.15) is 0 Å². The lowest BCUT2D eigenvalue weighted by atomic mass is 10.1. The summed E-state index contributed by atoms with van der Waals surface area (Å²) in [7, 11) is 0. The number of benzene rings is 2. The van der Waals surface area contributed by atoms with Gasteiger partial charge in [-0.15, -0.1) is 10.2 Å². The molecule has 0 atom stereocenters. The first-order chi connectivity index (χ1) is 12.3. The molecule has 126 valence electrons. The summed E-state index contributed by atoms with van der Waals surface area (Å²) in [5.74, 6) is 1.01. The van der Waals surface area contributed by atoms with Crippen LogP contribution in [-0.2, 0) is 0 Å². The maximum atomic E-state index is 4.53. The van der Waals surface area contributed by atoms with Crippen LogP contribution < -0.4 is 9.80 Å². The van der Waals surface area contributed by atoms with Crippen LogP contribution >= 0.6 is 0 Å². The molecule has 0 saturated carbocycles. The van der Waals surface area contributed by atoms with Crippen molar-refractivity contribution in [2.24, 2.45) is 0 Å². The zero-order valence-electron chi connectivity index (χ0n) is 14.5. The highest BCUT2D eigenvalue weighted by Crippen LogP contribution is 2.24. The minimum atomic E-state index is 0.935. The van der Waals surface area contributed by atoms with Crippen LogP contribution in [0.3, 0.4) is 0 Å². The molecule has 1 aromatic heterocycles. The maximum absolute atomic E-state index is 4.53. The summed E-state index contributed by atoms with van der Waals surface area (Å²) in [6, 6.07) is 23.0. The highest BCUT2D eigenvalue weighted by Gasteiger charge is 2.20. The number of aryl methyl sites for hydroxylation is 1. The highest BCUT2D eigenvalue weighted by molar-refractivity contribution is 5.62. The zero-order valence-corrected chi connectivity index (χ0v) is 14.5. The van der Waals surface area contributed by atoms with Crippen molar-refractivity contribution in [2.75, 3.05) is 36.0 Å². The summed E-state index contributed by atoms with van der Waals surface area (Å²) in [6.07, 6.45) is 0. The van der Waals surface area contributed by atoms with Gasteiger partial charge in [0.2, 0.25) is 0 Å². The topological polar surface area (TPSA) is 32.3 Å². The van der Waals surface area contributed by atoms with E-state index in [9.17, 15) is 0 Å². The summed E-state index contributed by atoms with van der Waals surface area (Å²) in [5, 5.41) is 8.99. The molecule has 2 heterocycles. The molecule has 1 aliphatic rings. The molecule has 3 aromatic rings. The van der Waals surface area contributed by atoms with Crippen LogP contribution in [0.5, 0.6) is 0 Å². The lowest BCUT2D eigenvalue weighted by Gasteiger charge is -2.37. The molecule has 4 nitrogen and oxygen atoms in total. The quantitative estimate of drug-likeness (QED) is 0.731. The number of piperazine rings is 1. The molecule has 4 heteroatoms. The lowest BCUT2D eigenvalue weighted by Crippen LogP contribution is -2.47. The fraction of sp³-hybridized carbons (Fsp3) is 0.238. The van der Waals surface area contributed by atoms with E-state index in [2.05, 4.69) is 75.5 Å². The number of aromatic nitrogens is 2. The minimum absolute atomic E-state index is 0.935. The summed E-state index contributed by atoms with van der Waals surface area (Å²) >= 11 is 0. The smallest absolute Gasteiger partial charge is 0.154 e. The molecule has 0 unspecified atom stereocenters. The van der Waals surface area contributed by atoms with Crippen LogP contribution in [0.1, 0.15) is 5.56 Å². The Morgan fingerprint density at radius 2 is 1.32 bits per heavy atom. The van der Waals surface area contributed by atoms with E-state index in [1.54, 1.807) is 0 Å². The van der Waals surface area contributed by atoms with Crippen molar-refractivity contribution >= 4 is 11.5 Å². The van der Waals surface area contributed by atoms with E-state index in [-0.39, 0.29) is 0 Å². The van der Waals surface area contributed by atoms with Crippen LogP contribution in [0.15, 0.2) is 66.7 Å². The Balaban J connectivity index is 1.48. The first-order valence-corrected chi connectivity index (χ1v) is 8.76. The molecule has 0 aliphatic carbocycles. The van der Waals surface area contributed by atoms with Gasteiger partial charge in [0.1, 0.15) is 0 Å². The summed E-state index contributed by atoms with van der Waals surface area (Å²) in [4.78, 5) is 4.77. The fourth-order valence-corrected chi connectivity index (χ4v) is 3.36. The van der Waals surface area contributed by atoms with Gasteiger partial charge in [-0.05, 0) is 30.7 Å². The minimum Gasteiger partial charge on any atom is -0.368 e. The third-order valence-corrected chi connectivity index (χ3v) is 4.73. The van der Waals surface area contributed by atoms with Crippen LogP contribution in [0.25, 0.3) is 11.3 Å². The molecule has 1 aliphatic heterocycles. The van der Waals surface area contributed by atoms with Crippen molar-refractivity contribution in [3.05, 3.63) is 72.3 Å². The Morgan fingerprint density at radius 1 is 0.720 bits per heavy atom. The Hall–Kier alpha value is -2.88. The summed E-state index contributed by atoms with van der Waals surface area (Å²) < 4.78 is 0. The average molecular weight is 330 g/mol. The van der Waals surface area contributed by atoms with Crippen molar-refractivity contribution in [1.29, 1.82) is 0 Å². The standard InChI is InChI=1S/C21H22N4/c1-17-16-20(18-8-4-2-5-9-18)22-23-21(17)25-14-12-24(13-15-25)19-10-6-3-7-11-19/h2-11,16H,12-15H2,1H3. The molecular weight excluding hydrogens is 308 g/mol. The number of hydrogen-bond acceptors (Lipinski definition) is 4. The number of para-hydroxylation sites is 1. The lowest BCUT2D eigenvalue weighted by molar-refractivity contribution is 0.642. The molecule has 0 spiro atoms. The van der Waals surface area contributed by atoms with E-state index >= 15 is 0 Å². The summed E-state index contributed by atoms with van der Waals surface area (Å²) in [6.45, 7) is 6.07. The molecule has 0 bridgehead atoms. The van der Waals surface area contributed by atoms with Gasteiger partial charge in [-0.25, -0.2) is 0 Å². The predicted octanol–water partition coefficient (Wildman–Crippen LogP) is 3.78. The third-order valence-electron chi connectivity index (χ3n) is 4.73. The van der Waals surface area contributed by atoms with Crippen molar-refractivity contribution in [2.45, 2.75) is 6.92 Å². The van der Waals surface area contributed by atoms with Gasteiger partial charge in [0.05, 0.1) is 5.69 Å².